The number of carbonyl (C=O) groups excluding carboxylic acids is 1. The van der Waals surface area contributed by atoms with Crippen LogP contribution in [0.1, 0.15) is 30.0 Å². The van der Waals surface area contributed by atoms with E-state index in [-0.39, 0.29) is 23.8 Å². The summed E-state index contributed by atoms with van der Waals surface area (Å²) in [6.45, 7) is 2.31. The van der Waals surface area contributed by atoms with Crippen LogP contribution in [0.25, 0.3) is 0 Å². The van der Waals surface area contributed by atoms with E-state index in [9.17, 15) is 4.79 Å². The molecule has 1 aliphatic carbocycles. The number of rotatable bonds is 8. The largest absolute Gasteiger partial charge is 0.466 e. The average molecular weight is 416 g/mol. The molecule has 31 heavy (non-hydrogen) atoms. The van der Waals surface area contributed by atoms with Crippen LogP contribution in [0.4, 0.5) is 0 Å². The quantitative estimate of drug-likeness (QED) is 0.434. The summed E-state index contributed by atoms with van der Waals surface area (Å²) in [5.41, 5.74) is 8.79. The minimum Gasteiger partial charge on any atom is -0.466 e. The second-order valence-electron chi connectivity index (χ2n) is 8.22. The van der Waals surface area contributed by atoms with E-state index in [0.29, 0.717) is 13.2 Å². The minimum absolute atomic E-state index is 0.0422. The molecule has 1 fully saturated rings. The Hall–Kier alpha value is -2.95. The predicted molar refractivity (Wildman–Crippen MR) is 121 cm³/mol. The maximum Gasteiger partial charge on any atom is 0.302 e. The lowest BCUT2D eigenvalue weighted by Crippen LogP contribution is -2.52. The Kier molecular flexibility index (Phi) is 6.50. The van der Waals surface area contributed by atoms with E-state index in [0.717, 1.165) is 23.1 Å². The van der Waals surface area contributed by atoms with Crippen molar-refractivity contribution < 1.29 is 14.3 Å². The van der Waals surface area contributed by atoms with Crippen molar-refractivity contribution in [3.63, 3.8) is 0 Å². The molecule has 2 N–H and O–H groups in total. The molecule has 0 aromatic heterocycles. The van der Waals surface area contributed by atoms with Gasteiger partial charge in [0.2, 0.25) is 0 Å². The first-order valence-electron chi connectivity index (χ1n) is 10.8. The maximum atomic E-state index is 11.3. The first-order chi connectivity index (χ1) is 15.1. The highest BCUT2D eigenvalue weighted by atomic mass is 16.5. The number of nitrogens with two attached hydrogens (primary N) is 1. The minimum atomic E-state index is -0.759. The SMILES string of the molecule is CC(=O)OC[C@H]1C[C@@H](N)[C@@H]1COC(c1ccccc1)(c1ccccc1)c1ccccc1. The van der Waals surface area contributed by atoms with Gasteiger partial charge in [0.1, 0.15) is 5.60 Å². The average Bonchev–Trinajstić information content (AvgIpc) is 2.81. The third kappa shape index (κ3) is 4.41. The first kappa shape index (κ1) is 21.3. The van der Waals surface area contributed by atoms with Gasteiger partial charge in [0.15, 0.2) is 0 Å². The number of carbonyl (C=O) groups is 1. The lowest BCUT2D eigenvalue weighted by atomic mass is 9.70. The van der Waals surface area contributed by atoms with E-state index in [1.807, 2.05) is 54.6 Å². The fourth-order valence-corrected chi connectivity index (χ4v) is 4.52. The van der Waals surface area contributed by atoms with Crippen LogP contribution in [0.3, 0.4) is 0 Å². The van der Waals surface area contributed by atoms with Gasteiger partial charge in [-0.05, 0) is 23.1 Å². The van der Waals surface area contributed by atoms with E-state index >= 15 is 0 Å². The van der Waals surface area contributed by atoms with Gasteiger partial charge in [0.05, 0.1) is 13.2 Å². The molecular weight excluding hydrogens is 386 g/mol. The normalized spacial score (nSPS) is 20.6. The summed E-state index contributed by atoms with van der Waals surface area (Å²) in [6, 6.07) is 31.0. The summed E-state index contributed by atoms with van der Waals surface area (Å²) in [4.78, 5) is 11.3. The Morgan fingerprint density at radius 3 is 1.68 bits per heavy atom. The highest BCUT2D eigenvalue weighted by Gasteiger charge is 2.43. The van der Waals surface area contributed by atoms with Gasteiger partial charge in [0.25, 0.3) is 0 Å². The highest BCUT2D eigenvalue weighted by Crippen LogP contribution is 2.43. The van der Waals surface area contributed by atoms with Crippen molar-refractivity contribution in [2.24, 2.45) is 17.6 Å². The van der Waals surface area contributed by atoms with Crippen LogP contribution in [0, 0.1) is 11.8 Å². The molecule has 3 atom stereocenters. The molecule has 4 heteroatoms. The molecule has 4 rings (SSSR count). The zero-order valence-corrected chi connectivity index (χ0v) is 17.8. The van der Waals surface area contributed by atoms with Crippen LogP contribution in [0.5, 0.6) is 0 Å². The molecule has 0 radical (unpaired) electrons. The number of esters is 1. The molecule has 4 nitrogen and oxygen atoms in total. The van der Waals surface area contributed by atoms with Crippen LogP contribution < -0.4 is 5.73 Å². The van der Waals surface area contributed by atoms with E-state index < -0.39 is 5.60 Å². The molecule has 3 aromatic rings. The van der Waals surface area contributed by atoms with E-state index in [1.54, 1.807) is 0 Å². The topological polar surface area (TPSA) is 61.5 Å². The zero-order chi connectivity index (χ0) is 21.7. The summed E-state index contributed by atoms with van der Waals surface area (Å²) >= 11 is 0. The molecule has 0 aliphatic heterocycles. The van der Waals surface area contributed by atoms with E-state index in [2.05, 4.69) is 36.4 Å². The second kappa shape index (κ2) is 9.46. The van der Waals surface area contributed by atoms with E-state index in [1.165, 1.54) is 6.92 Å². The summed E-state index contributed by atoms with van der Waals surface area (Å²) < 4.78 is 12.1. The molecular formula is C27H29NO3. The Bertz CT molecular complexity index is 878. The van der Waals surface area contributed by atoms with Crippen molar-refractivity contribution in [1.82, 2.24) is 0 Å². The fourth-order valence-electron chi connectivity index (χ4n) is 4.52. The smallest absolute Gasteiger partial charge is 0.302 e. The monoisotopic (exact) mass is 415 g/mol. The van der Waals surface area contributed by atoms with Crippen LogP contribution in [0.2, 0.25) is 0 Å². The molecule has 0 bridgehead atoms. The Labute approximate surface area is 184 Å². The third-order valence-electron chi connectivity index (χ3n) is 6.26. The molecule has 0 saturated heterocycles. The summed E-state index contributed by atoms with van der Waals surface area (Å²) in [5.74, 6) is 0.0983. The summed E-state index contributed by atoms with van der Waals surface area (Å²) in [5, 5.41) is 0. The van der Waals surface area contributed by atoms with Crippen LogP contribution in [-0.2, 0) is 19.9 Å². The van der Waals surface area contributed by atoms with Gasteiger partial charge in [-0.2, -0.15) is 0 Å². The summed E-state index contributed by atoms with van der Waals surface area (Å²) in [7, 11) is 0. The second-order valence-corrected chi connectivity index (χ2v) is 8.22. The van der Waals surface area contributed by atoms with Gasteiger partial charge < -0.3 is 15.2 Å². The predicted octanol–water partition coefficient (Wildman–Crippen LogP) is 4.52. The number of benzene rings is 3. The van der Waals surface area contributed by atoms with E-state index in [4.69, 9.17) is 15.2 Å². The van der Waals surface area contributed by atoms with Gasteiger partial charge in [-0.25, -0.2) is 0 Å². The number of hydrogen-bond acceptors (Lipinski definition) is 4. The van der Waals surface area contributed by atoms with Gasteiger partial charge in [-0.1, -0.05) is 91.0 Å². The Morgan fingerprint density at radius 2 is 1.29 bits per heavy atom. The van der Waals surface area contributed by atoms with Crippen molar-refractivity contribution in [1.29, 1.82) is 0 Å². The van der Waals surface area contributed by atoms with Gasteiger partial charge in [0, 0.05) is 24.8 Å². The zero-order valence-electron chi connectivity index (χ0n) is 17.8. The Morgan fingerprint density at radius 1 is 0.839 bits per heavy atom. The molecule has 3 aromatic carbocycles. The standard InChI is InChI=1S/C27H29NO3/c1-20(29)30-18-21-17-26(28)25(21)19-31-27(22-11-5-2-6-12-22,23-13-7-3-8-14-23)24-15-9-4-10-16-24/h2-16,21,25-26H,17-19,28H2,1H3/t21-,25-,26-/m1/s1. The molecule has 1 aliphatic rings. The Balaban J connectivity index is 1.71. The molecule has 0 unspecified atom stereocenters. The van der Waals surface area contributed by atoms with Gasteiger partial charge in [-0.15, -0.1) is 0 Å². The maximum absolute atomic E-state index is 11.3. The molecule has 1 saturated carbocycles. The lowest BCUT2D eigenvalue weighted by molar-refractivity contribution is -0.146. The van der Waals surface area contributed by atoms with Crippen molar-refractivity contribution in [3.05, 3.63) is 108 Å². The van der Waals surface area contributed by atoms with Crippen molar-refractivity contribution >= 4 is 5.97 Å². The lowest BCUT2D eigenvalue weighted by Gasteiger charge is -2.45. The third-order valence-corrected chi connectivity index (χ3v) is 6.26. The van der Waals surface area contributed by atoms with Crippen molar-refractivity contribution in [2.75, 3.05) is 13.2 Å². The number of ether oxygens (including phenoxy) is 2. The van der Waals surface area contributed by atoms with Gasteiger partial charge >= 0.3 is 5.97 Å². The summed E-state index contributed by atoms with van der Waals surface area (Å²) in [6.07, 6.45) is 0.844. The number of hydrogen-bond donors (Lipinski definition) is 1. The van der Waals surface area contributed by atoms with Crippen LogP contribution in [0.15, 0.2) is 91.0 Å². The van der Waals surface area contributed by atoms with Crippen molar-refractivity contribution in [3.8, 4) is 0 Å². The molecule has 0 heterocycles. The molecule has 0 amide bonds. The van der Waals surface area contributed by atoms with Crippen molar-refractivity contribution in [2.45, 2.75) is 25.0 Å². The van der Waals surface area contributed by atoms with Crippen LogP contribution >= 0.6 is 0 Å². The molecule has 0 spiro atoms. The van der Waals surface area contributed by atoms with Gasteiger partial charge in [-0.3, -0.25) is 4.79 Å². The fraction of sp³-hybridized carbons (Fsp3) is 0.296. The van der Waals surface area contributed by atoms with Crippen LogP contribution in [-0.4, -0.2) is 25.2 Å². The highest BCUT2D eigenvalue weighted by molar-refractivity contribution is 5.65. The first-order valence-corrected chi connectivity index (χ1v) is 10.8. The molecule has 160 valence electrons.